The summed E-state index contributed by atoms with van der Waals surface area (Å²) in [6.45, 7) is 2.39. The third-order valence-corrected chi connectivity index (χ3v) is 5.96. The Morgan fingerprint density at radius 2 is 2.06 bits per heavy atom. The highest BCUT2D eigenvalue weighted by molar-refractivity contribution is 5.90. The second-order valence-electron chi connectivity index (χ2n) is 8.38. The Labute approximate surface area is 191 Å². The number of hydrogen-bond acceptors (Lipinski definition) is 6. The number of carbonyl (C=O) groups is 1. The quantitative estimate of drug-likeness (QED) is 0.419. The molecule has 12 heteroatoms. The zero-order chi connectivity index (χ0) is 24.6. The van der Waals surface area contributed by atoms with Crippen molar-refractivity contribution in [1.82, 2.24) is 20.1 Å². The highest BCUT2D eigenvalue weighted by Crippen LogP contribution is 2.34. The van der Waals surface area contributed by atoms with Crippen LogP contribution in [0.15, 0.2) is 35.3 Å². The molecule has 34 heavy (non-hydrogen) atoms. The molecule has 1 aromatic carbocycles. The number of alkyl halides is 3. The summed E-state index contributed by atoms with van der Waals surface area (Å²) >= 11 is 0. The number of nitrogens with two attached hydrogens (primary N) is 1. The summed E-state index contributed by atoms with van der Waals surface area (Å²) in [5.41, 5.74) is 5.25. The van der Waals surface area contributed by atoms with Gasteiger partial charge in [0.1, 0.15) is 0 Å². The number of halogens is 3. The van der Waals surface area contributed by atoms with Gasteiger partial charge in [-0.1, -0.05) is 0 Å². The number of piperidine rings is 1. The van der Waals surface area contributed by atoms with E-state index in [0.29, 0.717) is 29.6 Å². The van der Waals surface area contributed by atoms with E-state index in [1.54, 1.807) is 13.0 Å². The first-order valence-corrected chi connectivity index (χ1v) is 10.6. The van der Waals surface area contributed by atoms with Crippen LogP contribution in [0.4, 0.5) is 29.5 Å². The number of H-pyrrole nitrogens is 1. The Morgan fingerprint density at radius 1 is 1.29 bits per heavy atom. The normalized spacial score (nSPS) is 17.5. The minimum atomic E-state index is -4.54. The third-order valence-electron chi connectivity index (χ3n) is 5.96. The molecular formula is C22H23F3N6O3. The van der Waals surface area contributed by atoms with Crippen molar-refractivity contribution in [3.63, 3.8) is 0 Å². The predicted octanol–water partition coefficient (Wildman–Crippen LogP) is 3.95. The second kappa shape index (κ2) is 8.84. The van der Waals surface area contributed by atoms with Gasteiger partial charge in [0.25, 0.3) is 5.56 Å². The van der Waals surface area contributed by atoms with E-state index >= 15 is 0 Å². The van der Waals surface area contributed by atoms with Crippen LogP contribution in [-0.2, 0) is 6.18 Å². The molecule has 0 spiro atoms. The molecule has 1 amide bonds. The van der Waals surface area contributed by atoms with E-state index in [4.69, 9.17) is 5.73 Å². The number of rotatable bonds is 4. The maximum absolute atomic E-state index is 13.2. The molecule has 3 heterocycles. The van der Waals surface area contributed by atoms with Crippen LogP contribution in [0.3, 0.4) is 0 Å². The number of likely N-dealkylation sites (tertiary alicyclic amines) is 1. The molecular weight excluding hydrogens is 453 g/mol. The first-order chi connectivity index (χ1) is 16.0. The number of aromatic amines is 1. The Bertz CT molecular complexity index is 1290. The first-order valence-electron chi connectivity index (χ1n) is 10.6. The maximum atomic E-state index is 13.2. The van der Waals surface area contributed by atoms with Crippen LogP contribution in [0.5, 0.6) is 0 Å². The van der Waals surface area contributed by atoms with Gasteiger partial charge in [-0.05, 0) is 49.6 Å². The van der Waals surface area contributed by atoms with E-state index in [-0.39, 0.29) is 29.4 Å². The lowest BCUT2D eigenvalue weighted by Crippen LogP contribution is -2.38. The predicted molar refractivity (Wildman–Crippen MR) is 120 cm³/mol. The number of carboxylic acid groups (broad SMARTS) is 1. The molecule has 0 saturated carbocycles. The molecule has 1 aliphatic rings. The van der Waals surface area contributed by atoms with Crippen LogP contribution in [0.2, 0.25) is 0 Å². The van der Waals surface area contributed by atoms with Crippen molar-refractivity contribution in [1.29, 1.82) is 0 Å². The average Bonchev–Trinajstić information content (AvgIpc) is 2.79. The zero-order valence-corrected chi connectivity index (χ0v) is 18.2. The molecule has 0 bridgehead atoms. The van der Waals surface area contributed by atoms with Crippen molar-refractivity contribution in [3.8, 4) is 0 Å². The number of anilines is 2. The molecule has 1 saturated heterocycles. The van der Waals surface area contributed by atoms with Crippen LogP contribution in [0.25, 0.3) is 10.8 Å². The van der Waals surface area contributed by atoms with E-state index in [9.17, 15) is 27.9 Å². The monoisotopic (exact) mass is 476 g/mol. The molecule has 0 radical (unpaired) electrons. The number of nitrogens with zero attached hydrogens (tertiary/aromatic N) is 3. The number of benzene rings is 1. The van der Waals surface area contributed by atoms with E-state index < -0.39 is 29.4 Å². The number of aromatic nitrogens is 3. The molecule has 180 valence electrons. The smallest absolute Gasteiger partial charge is 0.416 e. The van der Waals surface area contributed by atoms with Gasteiger partial charge in [0.15, 0.2) is 5.82 Å². The van der Waals surface area contributed by atoms with Crippen molar-refractivity contribution in [2.75, 3.05) is 24.1 Å². The van der Waals surface area contributed by atoms with Gasteiger partial charge < -0.3 is 21.1 Å². The van der Waals surface area contributed by atoms with Gasteiger partial charge in [-0.2, -0.15) is 18.3 Å². The lowest BCUT2D eigenvalue weighted by Gasteiger charge is -2.30. The fourth-order valence-electron chi connectivity index (χ4n) is 4.18. The number of hydrogen-bond donors (Lipinski definition) is 4. The summed E-state index contributed by atoms with van der Waals surface area (Å²) in [4.78, 5) is 29.4. The first kappa shape index (κ1) is 23.3. The summed E-state index contributed by atoms with van der Waals surface area (Å²) in [6, 6.07) is 4.38. The molecule has 1 fully saturated rings. The molecule has 9 nitrogen and oxygen atoms in total. The van der Waals surface area contributed by atoms with Crippen molar-refractivity contribution < 1.29 is 23.1 Å². The van der Waals surface area contributed by atoms with Gasteiger partial charge in [-0.25, -0.2) is 9.89 Å². The zero-order valence-electron chi connectivity index (χ0n) is 18.2. The van der Waals surface area contributed by atoms with Gasteiger partial charge in [-0.15, -0.1) is 0 Å². The third kappa shape index (κ3) is 4.75. The minimum Gasteiger partial charge on any atom is -0.465 e. The highest BCUT2D eigenvalue weighted by atomic mass is 19.4. The van der Waals surface area contributed by atoms with Crippen molar-refractivity contribution in [3.05, 3.63) is 57.6 Å². The number of fused-ring (bicyclic) bond motifs is 1. The number of nitrogens with one attached hydrogen (secondary N) is 2. The lowest BCUT2D eigenvalue weighted by atomic mass is 9.93. The molecule has 1 unspecified atom stereocenters. The minimum absolute atomic E-state index is 0.0236. The van der Waals surface area contributed by atoms with Gasteiger partial charge in [0.2, 0.25) is 0 Å². The van der Waals surface area contributed by atoms with Crippen molar-refractivity contribution in [2.45, 2.75) is 37.9 Å². The lowest BCUT2D eigenvalue weighted by molar-refractivity contribution is -0.137. The fourth-order valence-corrected chi connectivity index (χ4v) is 4.18. The Kier molecular flexibility index (Phi) is 6.07. The van der Waals surface area contributed by atoms with E-state index in [0.717, 1.165) is 18.6 Å². The van der Waals surface area contributed by atoms with Gasteiger partial charge in [0, 0.05) is 42.0 Å². The van der Waals surface area contributed by atoms with E-state index in [1.165, 1.54) is 17.2 Å². The summed E-state index contributed by atoms with van der Waals surface area (Å²) in [5.74, 6) is 0.106. The fraction of sp³-hybridized carbons (Fsp3) is 0.364. The number of nitrogen functional groups attached to an aromatic ring is 1. The summed E-state index contributed by atoms with van der Waals surface area (Å²) in [7, 11) is 0. The largest absolute Gasteiger partial charge is 0.465 e. The number of amides is 1. The highest BCUT2D eigenvalue weighted by Gasteiger charge is 2.31. The van der Waals surface area contributed by atoms with Crippen LogP contribution in [0.1, 0.15) is 48.5 Å². The van der Waals surface area contributed by atoms with Gasteiger partial charge >= 0.3 is 12.3 Å². The Hall–Kier alpha value is -3.83. The molecule has 3 aromatic rings. The molecule has 2 aromatic heterocycles. The van der Waals surface area contributed by atoms with Crippen molar-refractivity contribution in [2.24, 2.45) is 0 Å². The molecule has 5 N–H and O–H groups in total. The van der Waals surface area contributed by atoms with Gasteiger partial charge in [0.05, 0.1) is 17.0 Å². The Morgan fingerprint density at radius 3 is 2.76 bits per heavy atom. The van der Waals surface area contributed by atoms with Gasteiger partial charge in [-0.3, -0.25) is 9.78 Å². The van der Waals surface area contributed by atoms with Crippen LogP contribution in [-0.4, -0.2) is 44.4 Å². The SMILES string of the molecule is CC(Nc1n[nH]c(=O)c2cnc([C@@H]3CCCN(C(=O)O)C3)cc12)c1cc(N)cc(C(F)(F)F)c1. The molecule has 2 atom stereocenters. The molecule has 0 aliphatic carbocycles. The number of pyridine rings is 1. The standard InChI is InChI=1S/C22H23F3N6O3/c1-11(13-5-14(22(23,24)25)7-15(26)6-13)28-19-16-8-18(27-9-17(16)20(32)30-29-19)12-3-2-4-31(10-12)21(33)34/h5-9,11-12H,2-4,10,26H2,1H3,(H,28,29)(H,30,32)(H,33,34)/t11?,12-/m1/s1. The summed E-state index contributed by atoms with van der Waals surface area (Å²) < 4.78 is 39.6. The topological polar surface area (TPSA) is 137 Å². The molecule has 1 aliphatic heterocycles. The summed E-state index contributed by atoms with van der Waals surface area (Å²) in [5, 5.41) is 19.5. The van der Waals surface area contributed by atoms with Crippen LogP contribution >= 0.6 is 0 Å². The maximum Gasteiger partial charge on any atom is 0.416 e. The summed E-state index contributed by atoms with van der Waals surface area (Å²) in [6.07, 6.45) is -2.72. The van der Waals surface area contributed by atoms with Crippen LogP contribution in [0, 0.1) is 0 Å². The average molecular weight is 476 g/mol. The molecule has 4 rings (SSSR count). The second-order valence-corrected chi connectivity index (χ2v) is 8.38. The Balaban J connectivity index is 1.69. The van der Waals surface area contributed by atoms with Crippen molar-refractivity contribution >= 4 is 28.4 Å². The van der Waals surface area contributed by atoms with Crippen LogP contribution < -0.4 is 16.6 Å². The van der Waals surface area contributed by atoms with E-state index in [2.05, 4.69) is 20.5 Å². The van der Waals surface area contributed by atoms with E-state index in [1.807, 2.05) is 0 Å².